The Balaban J connectivity index is 2.28. The van der Waals surface area contributed by atoms with Gasteiger partial charge in [0.15, 0.2) is 0 Å². The standard InChI is InChI=1S/C19H31NO5/c1-15(2)20(14-21)11-18(22)13-25-19-7-5-17(6-8-19)12-23-9-10-24-16(3)4/h5-8,14-16,18,22H,9-13H2,1-4H3. The highest BCUT2D eigenvalue weighted by atomic mass is 16.5. The Labute approximate surface area is 150 Å². The maximum Gasteiger partial charge on any atom is 0.210 e. The molecule has 6 nitrogen and oxygen atoms in total. The molecule has 25 heavy (non-hydrogen) atoms. The first-order valence-electron chi connectivity index (χ1n) is 8.72. The maximum atomic E-state index is 10.9. The average molecular weight is 353 g/mol. The summed E-state index contributed by atoms with van der Waals surface area (Å²) in [6, 6.07) is 7.59. The number of aliphatic hydroxyl groups excluding tert-OH is 1. The van der Waals surface area contributed by atoms with Crippen LogP contribution in [-0.4, -0.2) is 61.0 Å². The predicted molar refractivity (Wildman–Crippen MR) is 96.6 cm³/mol. The molecule has 1 unspecified atom stereocenters. The van der Waals surface area contributed by atoms with Gasteiger partial charge < -0.3 is 24.2 Å². The molecule has 0 saturated carbocycles. The van der Waals surface area contributed by atoms with Crippen molar-refractivity contribution < 1.29 is 24.1 Å². The van der Waals surface area contributed by atoms with E-state index in [9.17, 15) is 9.90 Å². The number of hydrogen-bond acceptors (Lipinski definition) is 5. The van der Waals surface area contributed by atoms with Gasteiger partial charge in [0.05, 0.1) is 25.9 Å². The molecule has 0 heterocycles. The van der Waals surface area contributed by atoms with E-state index in [0.717, 1.165) is 12.0 Å². The summed E-state index contributed by atoms with van der Waals surface area (Å²) in [5.41, 5.74) is 1.05. The van der Waals surface area contributed by atoms with E-state index in [0.29, 0.717) is 25.6 Å². The van der Waals surface area contributed by atoms with E-state index in [1.807, 2.05) is 52.0 Å². The van der Waals surface area contributed by atoms with Gasteiger partial charge in [0, 0.05) is 12.6 Å². The van der Waals surface area contributed by atoms with Gasteiger partial charge in [-0.25, -0.2) is 0 Å². The third kappa shape index (κ3) is 9.43. The lowest BCUT2D eigenvalue weighted by Gasteiger charge is -2.24. The summed E-state index contributed by atoms with van der Waals surface area (Å²) in [5.74, 6) is 0.674. The summed E-state index contributed by atoms with van der Waals surface area (Å²) in [7, 11) is 0. The Kier molecular flexibility index (Phi) is 10.1. The van der Waals surface area contributed by atoms with Crippen LogP contribution in [0.2, 0.25) is 0 Å². The van der Waals surface area contributed by atoms with Crippen molar-refractivity contribution in [2.45, 2.75) is 52.6 Å². The van der Waals surface area contributed by atoms with Gasteiger partial charge in [0.25, 0.3) is 0 Å². The SMILES string of the molecule is CC(C)OCCOCc1ccc(OCC(O)CN(C=O)C(C)C)cc1. The number of hydrogen-bond donors (Lipinski definition) is 1. The van der Waals surface area contributed by atoms with Crippen molar-refractivity contribution in [1.29, 1.82) is 0 Å². The van der Waals surface area contributed by atoms with E-state index in [1.165, 1.54) is 4.90 Å². The fourth-order valence-corrected chi connectivity index (χ4v) is 2.08. The number of carbonyl (C=O) groups is 1. The zero-order valence-electron chi connectivity index (χ0n) is 15.7. The zero-order valence-corrected chi connectivity index (χ0v) is 15.7. The molecule has 0 bridgehead atoms. The molecule has 0 aliphatic heterocycles. The molecule has 1 amide bonds. The highest BCUT2D eigenvalue weighted by Crippen LogP contribution is 2.13. The number of rotatable bonds is 13. The lowest BCUT2D eigenvalue weighted by molar-refractivity contribution is -0.121. The predicted octanol–water partition coefficient (Wildman–Crippen LogP) is 2.23. The molecule has 142 valence electrons. The molecule has 1 rings (SSSR count). The summed E-state index contributed by atoms with van der Waals surface area (Å²) in [6.07, 6.45) is 0.237. The monoisotopic (exact) mass is 353 g/mol. The molecule has 0 aliphatic rings. The first kappa shape index (κ1) is 21.4. The molecular formula is C19H31NO5. The summed E-state index contributed by atoms with van der Waals surface area (Å²) in [6.45, 7) is 9.86. The molecule has 0 saturated heterocycles. The summed E-state index contributed by atoms with van der Waals surface area (Å²) in [4.78, 5) is 12.4. The number of benzene rings is 1. The van der Waals surface area contributed by atoms with Gasteiger partial charge in [0.1, 0.15) is 18.5 Å². The molecule has 0 aromatic heterocycles. The largest absolute Gasteiger partial charge is 0.491 e. The Bertz CT molecular complexity index is 475. The summed E-state index contributed by atoms with van der Waals surface area (Å²) in [5, 5.41) is 9.96. The van der Waals surface area contributed by atoms with Crippen LogP contribution in [0.5, 0.6) is 5.75 Å². The highest BCUT2D eigenvalue weighted by molar-refractivity contribution is 5.47. The second-order valence-corrected chi connectivity index (χ2v) is 6.48. The molecular weight excluding hydrogens is 322 g/mol. The van der Waals surface area contributed by atoms with Crippen LogP contribution in [0.4, 0.5) is 0 Å². The minimum Gasteiger partial charge on any atom is -0.491 e. The minimum atomic E-state index is -0.725. The van der Waals surface area contributed by atoms with Crippen LogP contribution in [0.15, 0.2) is 24.3 Å². The van der Waals surface area contributed by atoms with Crippen molar-refractivity contribution in [3.05, 3.63) is 29.8 Å². The number of nitrogens with zero attached hydrogens (tertiary/aromatic N) is 1. The molecule has 0 aliphatic carbocycles. The Morgan fingerprint density at radius 1 is 1.12 bits per heavy atom. The molecule has 0 radical (unpaired) electrons. The van der Waals surface area contributed by atoms with Crippen LogP contribution in [0.1, 0.15) is 33.3 Å². The first-order valence-corrected chi connectivity index (χ1v) is 8.72. The van der Waals surface area contributed by atoms with Crippen molar-refractivity contribution in [3.63, 3.8) is 0 Å². The van der Waals surface area contributed by atoms with Crippen molar-refractivity contribution in [2.75, 3.05) is 26.4 Å². The Hall–Kier alpha value is -1.63. The van der Waals surface area contributed by atoms with Crippen LogP contribution in [-0.2, 0) is 20.9 Å². The van der Waals surface area contributed by atoms with Crippen LogP contribution in [0, 0.1) is 0 Å². The van der Waals surface area contributed by atoms with E-state index < -0.39 is 6.10 Å². The van der Waals surface area contributed by atoms with E-state index in [4.69, 9.17) is 14.2 Å². The minimum absolute atomic E-state index is 0.0531. The topological polar surface area (TPSA) is 68.2 Å². The number of amides is 1. The van der Waals surface area contributed by atoms with Gasteiger partial charge in [-0.1, -0.05) is 12.1 Å². The van der Waals surface area contributed by atoms with E-state index in [2.05, 4.69) is 0 Å². The molecule has 0 spiro atoms. The first-order chi connectivity index (χ1) is 11.9. The van der Waals surface area contributed by atoms with Gasteiger partial charge in [-0.15, -0.1) is 0 Å². The van der Waals surface area contributed by atoms with E-state index >= 15 is 0 Å². The second-order valence-electron chi connectivity index (χ2n) is 6.48. The van der Waals surface area contributed by atoms with Crippen molar-refractivity contribution in [1.82, 2.24) is 4.90 Å². The fraction of sp³-hybridized carbons (Fsp3) is 0.632. The second kappa shape index (κ2) is 11.8. The van der Waals surface area contributed by atoms with Crippen molar-refractivity contribution in [3.8, 4) is 5.75 Å². The smallest absolute Gasteiger partial charge is 0.210 e. The van der Waals surface area contributed by atoms with Gasteiger partial charge >= 0.3 is 0 Å². The molecule has 1 atom stereocenters. The Morgan fingerprint density at radius 2 is 1.80 bits per heavy atom. The van der Waals surface area contributed by atoms with Gasteiger partial charge in [-0.3, -0.25) is 4.79 Å². The molecule has 6 heteroatoms. The van der Waals surface area contributed by atoms with Crippen LogP contribution in [0.3, 0.4) is 0 Å². The number of ether oxygens (including phenoxy) is 3. The average Bonchev–Trinajstić information content (AvgIpc) is 2.58. The van der Waals surface area contributed by atoms with Crippen molar-refractivity contribution >= 4 is 6.41 Å². The lowest BCUT2D eigenvalue weighted by Crippen LogP contribution is -2.38. The van der Waals surface area contributed by atoms with Gasteiger partial charge in [-0.2, -0.15) is 0 Å². The fourth-order valence-electron chi connectivity index (χ4n) is 2.08. The normalized spacial score (nSPS) is 12.4. The van der Waals surface area contributed by atoms with Crippen LogP contribution < -0.4 is 4.74 Å². The molecule has 1 N–H and O–H groups in total. The Morgan fingerprint density at radius 3 is 2.36 bits per heavy atom. The highest BCUT2D eigenvalue weighted by Gasteiger charge is 2.13. The zero-order chi connectivity index (χ0) is 18.7. The van der Waals surface area contributed by atoms with Crippen molar-refractivity contribution in [2.24, 2.45) is 0 Å². The number of carbonyl (C=O) groups excluding carboxylic acids is 1. The van der Waals surface area contributed by atoms with Crippen LogP contribution >= 0.6 is 0 Å². The number of aliphatic hydroxyl groups is 1. The van der Waals surface area contributed by atoms with Gasteiger partial charge in [0.2, 0.25) is 6.41 Å². The van der Waals surface area contributed by atoms with Crippen LogP contribution in [0.25, 0.3) is 0 Å². The lowest BCUT2D eigenvalue weighted by atomic mass is 10.2. The summed E-state index contributed by atoms with van der Waals surface area (Å²) < 4.78 is 16.5. The molecule has 1 aromatic rings. The summed E-state index contributed by atoms with van der Waals surface area (Å²) >= 11 is 0. The van der Waals surface area contributed by atoms with Gasteiger partial charge in [-0.05, 0) is 45.4 Å². The van der Waals surface area contributed by atoms with E-state index in [1.54, 1.807) is 0 Å². The molecule has 1 aromatic carbocycles. The quantitative estimate of drug-likeness (QED) is 0.435. The third-order valence-corrected chi connectivity index (χ3v) is 3.53. The maximum absolute atomic E-state index is 10.9. The molecule has 0 fully saturated rings. The third-order valence-electron chi connectivity index (χ3n) is 3.53. The van der Waals surface area contributed by atoms with E-state index in [-0.39, 0.29) is 25.3 Å².